The molecule has 14 heteroatoms. The molecule has 2 aliphatic rings. The van der Waals surface area contributed by atoms with E-state index in [4.69, 9.17) is 32.7 Å². The van der Waals surface area contributed by atoms with Crippen LogP contribution in [0.15, 0.2) is 58.2 Å². The van der Waals surface area contributed by atoms with Gasteiger partial charge in [0.1, 0.15) is 16.9 Å². The fraction of sp³-hybridized carbons (Fsp3) is 0.379. The molecule has 3 aromatic rings. The number of halogens is 3. The highest BCUT2D eigenvalue weighted by Gasteiger charge is 2.54. The van der Waals surface area contributed by atoms with Crippen molar-refractivity contribution in [3.8, 4) is 0 Å². The topological polar surface area (TPSA) is 125 Å². The zero-order valence-corrected chi connectivity index (χ0v) is 27.3. The summed E-state index contributed by atoms with van der Waals surface area (Å²) in [5, 5.41) is -0.912. The number of esters is 2. The first-order valence-electron chi connectivity index (χ1n) is 13.4. The van der Waals surface area contributed by atoms with Crippen molar-refractivity contribution in [2.75, 3.05) is 4.90 Å². The van der Waals surface area contributed by atoms with Crippen molar-refractivity contribution < 1.29 is 32.3 Å². The van der Waals surface area contributed by atoms with Crippen LogP contribution < -0.4 is 4.90 Å². The van der Waals surface area contributed by atoms with Gasteiger partial charge in [0.25, 0.3) is 5.91 Å². The van der Waals surface area contributed by atoms with Crippen LogP contribution in [0.5, 0.6) is 0 Å². The Morgan fingerprint density at radius 3 is 2.28 bits per heavy atom. The average molecular weight is 713 g/mol. The number of imidazole rings is 1. The summed E-state index contributed by atoms with van der Waals surface area (Å²) >= 11 is 16.0. The predicted molar refractivity (Wildman–Crippen MR) is 163 cm³/mol. The van der Waals surface area contributed by atoms with Crippen molar-refractivity contribution >= 4 is 78.5 Å². The minimum absolute atomic E-state index is 0.0675. The number of rotatable bonds is 7. The van der Waals surface area contributed by atoms with Crippen LogP contribution in [0.4, 0.5) is 11.6 Å². The molecule has 0 saturated heterocycles. The molecule has 1 aliphatic heterocycles. The second-order valence-electron chi connectivity index (χ2n) is 10.8. The summed E-state index contributed by atoms with van der Waals surface area (Å²) in [4.78, 5) is 44.0. The Morgan fingerprint density at radius 1 is 1.05 bits per heavy atom. The molecule has 2 heterocycles. The Hall–Kier alpha value is -2.93. The molecule has 5 rings (SSSR count). The molecule has 0 bridgehead atoms. The predicted octanol–water partition coefficient (Wildman–Crippen LogP) is 5.78. The van der Waals surface area contributed by atoms with Crippen LogP contribution in [0.3, 0.4) is 0 Å². The number of nitrogens with zero attached hydrogens (tertiary/aromatic N) is 3. The Balaban J connectivity index is 1.67. The van der Waals surface area contributed by atoms with Crippen molar-refractivity contribution in [3.63, 3.8) is 0 Å². The number of carbonyl (C=O) groups is 3. The Kier molecular flexibility index (Phi) is 8.69. The monoisotopic (exact) mass is 711 g/mol. The standard InChI is InChI=1S/C29H28BrCl2N3O7S/c1-16(36)41-23-5-4-6-24(26(23)42-17(2)37)43(39,40)25-15-33-28-34(22-12-20(31)11-21(32)13-22)27(38)29(3,35(25)28)14-18-7-9-19(30)10-8-18/h7-13,15,23-24,26H,4-6,14H2,1-3H3/t23?,24?,26?,29-/m1/s1. The second kappa shape index (κ2) is 11.9. The largest absolute Gasteiger partial charge is 0.459 e. The van der Waals surface area contributed by atoms with E-state index in [-0.39, 0.29) is 33.9 Å². The van der Waals surface area contributed by atoms with E-state index in [1.54, 1.807) is 19.1 Å². The molecule has 1 aromatic heterocycles. The summed E-state index contributed by atoms with van der Waals surface area (Å²) in [6.07, 6.45) is 0.0183. The van der Waals surface area contributed by atoms with Crippen LogP contribution in [0.25, 0.3) is 0 Å². The van der Waals surface area contributed by atoms with Crippen molar-refractivity contribution in [2.45, 2.75) is 74.5 Å². The number of aromatic nitrogens is 2. The summed E-state index contributed by atoms with van der Waals surface area (Å²) in [6.45, 7) is 4.03. The number of hydrogen-bond acceptors (Lipinski definition) is 8. The van der Waals surface area contributed by atoms with Gasteiger partial charge in [-0.3, -0.25) is 19.0 Å². The summed E-state index contributed by atoms with van der Waals surface area (Å²) < 4.78 is 42.1. The number of sulfone groups is 1. The van der Waals surface area contributed by atoms with E-state index >= 15 is 0 Å². The molecule has 0 spiro atoms. The first-order valence-corrected chi connectivity index (χ1v) is 16.5. The van der Waals surface area contributed by atoms with Gasteiger partial charge in [0, 0.05) is 34.8 Å². The van der Waals surface area contributed by atoms with Gasteiger partial charge in [0.2, 0.25) is 15.8 Å². The van der Waals surface area contributed by atoms with Crippen LogP contribution in [0.2, 0.25) is 10.0 Å². The first kappa shape index (κ1) is 31.5. The lowest BCUT2D eigenvalue weighted by molar-refractivity contribution is -0.168. The highest BCUT2D eigenvalue weighted by atomic mass is 79.9. The van der Waals surface area contributed by atoms with E-state index in [0.29, 0.717) is 18.5 Å². The number of ether oxygens (including phenoxy) is 2. The van der Waals surface area contributed by atoms with Crippen LogP contribution in [-0.2, 0) is 45.7 Å². The molecule has 3 unspecified atom stereocenters. The van der Waals surface area contributed by atoms with Crippen molar-refractivity contribution in [3.05, 3.63) is 68.7 Å². The van der Waals surface area contributed by atoms with Gasteiger partial charge in [-0.15, -0.1) is 0 Å². The minimum atomic E-state index is -4.33. The van der Waals surface area contributed by atoms with E-state index in [1.165, 1.54) is 35.6 Å². The molecular formula is C29H28BrCl2N3O7S. The number of amides is 1. The Bertz CT molecular complexity index is 1690. The van der Waals surface area contributed by atoms with E-state index in [2.05, 4.69) is 20.9 Å². The third-order valence-corrected chi connectivity index (χ3v) is 10.8. The fourth-order valence-corrected chi connectivity index (χ4v) is 8.78. The van der Waals surface area contributed by atoms with Crippen LogP contribution in [0, 0.1) is 0 Å². The van der Waals surface area contributed by atoms with Crippen molar-refractivity contribution in [1.82, 2.24) is 9.55 Å². The number of benzene rings is 2. The highest BCUT2D eigenvalue weighted by molar-refractivity contribution is 9.10. The lowest BCUT2D eigenvalue weighted by Gasteiger charge is -2.36. The lowest BCUT2D eigenvalue weighted by atomic mass is 9.92. The molecule has 0 N–H and O–H groups in total. The maximum atomic E-state index is 14.5. The van der Waals surface area contributed by atoms with E-state index in [0.717, 1.165) is 10.0 Å². The third kappa shape index (κ3) is 5.94. The highest BCUT2D eigenvalue weighted by Crippen LogP contribution is 2.46. The van der Waals surface area contributed by atoms with Crippen molar-refractivity contribution in [1.29, 1.82) is 0 Å². The minimum Gasteiger partial charge on any atom is -0.459 e. The summed E-state index contributed by atoms with van der Waals surface area (Å²) in [6, 6.07) is 12.0. The van der Waals surface area contributed by atoms with Gasteiger partial charge in [-0.2, -0.15) is 0 Å². The third-order valence-electron chi connectivity index (χ3n) is 7.65. The van der Waals surface area contributed by atoms with Gasteiger partial charge in [-0.25, -0.2) is 18.3 Å². The van der Waals surface area contributed by atoms with Crippen LogP contribution >= 0.6 is 39.1 Å². The molecule has 4 atom stereocenters. The summed E-state index contributed by atoms with van der Waals surface area (Å²) in [5.41, 5.74) is -0.348. The normalized spacial score (nSPS) is 23.6. The molecule has 1 amide bonds. The fourth-order valence-electron chi connectivity index (χ4n) is 5.89. The SMILES string of the molecule is CC(=O)OC1CCCC(S(=O)(=O)c2cnc3n2[C@](C)(Cc2ccc(Br)cc2)C(=O)N3c2cc(Cl)cc(Cl)c2)C1OC(C)=O. The molecule has 1 saturated carbocycles. The molecule has 0 radical (unpaired) electrons. The Morgan fingerprint density at radius 2 is 1.67 bits per heavy atom. The first-order chi connectivity index (χ1) is 20.2. The molecular weight excluding hydrogens is 685 g/mol. The summed E-state index contributed by atoms with van der Waals surface area (Å²) in [5.74, 6) is -1.69. The zero-order valence-electron chi connectivity index (χ0n) is 23.4. The van der Waals surface area contributed by atoms with Gasteiger partial charge in [-0.1, -0.05) is 51.3 Å². The summed E-state index contributed by atoms with van der Waals surface area (Å²) in [7, 11) is -4.33. The zero-order chi connectivity index (χ0) is 31.3. The molecule has 1 fully saturated rings. The maximum Gasteiger partial charge on any atom is 0.303 e. The molecule has 1 aliphatic carbocycles. The van der Waals surface area contributed by atoms with Crippen LogP contribution in [-0.4, -0.2) is 53.3 Å². The number of anilines is 2. The van der Waals surface area contributed by atoms with Gasteiger partial charge in [0.15, 0.2) is 11.1 Å². The second-order valence-corrected chi connectivity index (χ2v) is 14.7. The maximum absolute atomic E-state index is 14.5. The quantitative estimate of drug-likeness (QED) is 0.283. The number of fused-ring (bicyclic) bond motifs is 1. The smallest absolute Gasteiger partial charge is 0.303 e. The van der Waals surface area contributed by atoms with Gasteiger partial charge >= 0.3 is 11.9 Å². The van der Waals surface area contributed by atoms with E-state index in [9.17, 15) is 22.8 Å². The molecule has 43 heavy (non-hydrogen) atoms. The van der Waals surface area contributed by atoms with Gasteiger partial charge in [0.05, 0.1) is 11.9 Å². The average Bonchev–Trinajstić information content (AvgIpc) is 3.44. The number of carbonyl (C=O) groups excluding carboxylic acids is 3. The Labute approximate surface area is 267 Å². The van der Waals surface area contributed by atoms with E-state index in [1.807, 2.05) is 24.3 Å². The molecule has 228 valence electrons. The lowest BCUT2D eigenvalue weighted by Crippen LogP contribution is -2.50. The number of hydrogen-bond donors (Lipinski definition) is 0. The van der Waals surface area contributed by atoms with E-state index < -0.39 is 50.7 Å². The van der Waals surface area contributed by atoms with Gasteiger partial charge in [-0.05, 0) is 62.1 Å². The van der Waals surface area contributed by atoms with Crippen LogP contribution in [0.1, 0.15) is 45.6 Å². The van der Waals surface area contributed by atoms with Crippen molar-refractivity contribution in [2.24, 2.45) is 0 Å². The van der Waals surface area contributed by atoms with Gasteiger partial charge < -0.3 is 9.47 Å². The molecule has 2 aromatic carbocycles. The molecule has 10 nitrogen and oxygen atoms in total.